The van der Waals surface area contributed by atoms with Gasteiger partial charge in [-0.1, -0.05) is 11.6 Å². The van der Waals surface area contributed by atoms with Gasteiger partial charge in [0.2, 0.25) is 15.9 Å². The number of carboxylic acid groups (broad SMARTS) is 1. The van der Waals surface area contributed by atoms with Crippen LogP contribution in [-0.4, -0.2) is 48.7 Å². The number of hydrogen-bond donors (Lipinski definition) is 2. The third-order valence-electron chi connectivity index (χ3n) is 2.80. The van der Waals surface area contributed by atoms with Crippen LogP contribution in [0.15, 0.2) is 17.2 Å². The minimum absolute atomic E-state index is 0.00491. The van der Waals surface area contributed by atoms with E-state index < -0.39 is 16.1 Å². The highest BCUT2D eigenvalue weighted by Gasteiger charge is 2.28. The van der Waals surface area contributed by atoms with Crippen molar-refractivity contribution in [2.75, 3.05) is 13.1 Å². The molecule has 3 N–H and O–H groups in total. The van der Waals surface area contributed by atoms with Gasteiger partial charge in [0.25, 0.3) is 0 Å². The Hall–Kier alpha value is -1.58. The van der Waals surface area contributed by atoms with Crippen molar-refractivity contribution in [1.29, 1.82) is 0 Å². The zero-order valence-corrected chi connectivity index (χ0v) is 11.8. The zero-order chi connectivity index (χ0) is 14.9. The summed E-state index contributed by atoms with van der Waals surface area (Å²) in [5.74, 6) is 0.0521. The average molecular weight is 322 g/mol. The van der Waals surface area contributed by atoms with E-state index in [0.717, 1.165) is 12.3 Å². The van der Waals surface area contributed by atoms with Crippen molar-refractivity contribution >= 4 is 27.7 Å². The van der Waals surface area contributed by atoms with Crippen molar-refractivity contribution in [2.24, 2.45) is 5.14 Å². The molecule has 1 amide bonds. The van der Waals surface area contributed by atoms with Crippen LogP contribution in [0.3, 0.4) is 0 Å². The van der Waals surface area contributed by atoms with Crippen LogP contribution in [0.4, 0.5) is 4.79 Å². The van der Waals surface area contributed by atoms with Crippen molar-refractivity contribution in [3.8, 4) is 5.88 Å². The second kappa shape index (κ2) is 5.43. The summed E-state index contributed by atoms with van der Waals surface area (Å²) in [7, 11) is -3.88. The molecule has 0 spiro atoms. The van der Waals surface area contributed by atoms with Crippen LogP contribution in [0, 0.1) is 0 Å². The topological polar surface area (TPSA) is 123 Å². The number of halogens is 1. The van der Waals surface area contributed by atoms with Gasteiger partial charge in [-0.25, -0.2) is 23.3 Å². The summed E-state index contributed by atoms with van der Waals surface area (Å²) in [5.41, 5.74) is 0. The molecule has 2 heterocycles. The molecule has 1 aromatic rings. The first-order valence-electron chi connectivity index (χ1n) is 5.60. The maximum Gasteiger partial charge on any atom is 0.407 e. The molecular weight excluding hydrogens is 310 g/mol. The molecule has 1 aromatic heterocycles. The summed E-state index contributed by atoms with van der Waals surface area (Å²) in [5, 5.41) is 13.8. The molecule has 20 heavy (non-hydrogen) atoms. The molecule has 1 unspecified atom stereocenters. The second-order valence-electron chi connectivity index (χ2n) is 4.26. The van der Waals surface area contributed by atoms with Crippen molar-refractivity contribution < 1.29 is 23.1 Å². The molecule has 1 aliphatic rings. The summed E-state index contributed by atoms with van der Waals surface area (Å²) in [6.07, 6.45) is 0.179. The van der Waals surface area contributed by atoms with Crippen LogP contribution in [0.5, 0.6) is 5.88 Å². The molecule has 8 nitrogen and oxygen atoms in total. The number of rotatable bonds is 3. The lowest BCUT2D eigenvalue weighted by Crippen LogP contribution is -2.29. The standard InChI is InChI=1S/C10H12ClN3O5S/c11-8-3-7(20(12,17)18)4-13-9(8)19-6-1-2-14(5-6)10(15)16/h3-4,6H,1-2,5H2,(H,15,16)(H2,12,17,18). The van der Waals surface area contributed by atoms with E-state index in [1.54, 1.807) is 0 Å². The van der Waals surface area contributed by atoms with Crippen LogP contribution in [-0.2, 0) is 10.0 Å². The molecular formula is C10H12ClN3O5S. The van der Waals surface area contributed by atoms with Crippen LogP contribution < -0.4 is 9.88 Å². The lowest BCUT2D eigenvalue weighted by Gasteiger charge is -2.14. The highest BCUT2D eigenvalue weighted by Crippen LogP contribution is 2.26. The van der Waals surface area contributed by atoms with Gasteiger partial charge in [-0.2, -0.15) is 0 Å². The minimum Gasteiger partial charge on any atom is -0.471 e. The van der Waals surface area contributed by atoms with Gasteiger partial charge < -0.3 is 14.7 Å². The number of primary sulfonamides is 1. The maximum atomic E-state index is 11.1. The van der Waals surface area contributed by atoms with Crippen molar-refractivity contribution in [3.63, 3.8) is 0 Å². The summed E-state index contributed by atoms with van der Waals surface area (Å²) in [4.78, 5) is 15.6. The van der Waals surface area contributed by atoms with Crippen LogP contribution >= 0.6 is 11.6 Å². The fourth-order valence-electron chi connectivity index (χ4n) is 1.81. The highest BCUT2D eigenvalue weighted by atomic mass is 35.5. The molecule has 2 rings (SSSR count). The molecule has 0 aliphatic carbocycles. The monoisotopic (exact) mass is 321 g/mol. The Morgan fingerprint density at radius 1 is 1.60 bits per heavy atom. The van der Waals surface area contributed by atoms with E-state index in [4.69, 9.17) is 26.6 Å². The number of nitrogens with two attached hydrogens (primary N) is 1. The summed E-state index contributed by atoms with van der Waals surface area (Å²) < 4.78 is 27.7. The molecule has 1 atom stereocenters. The molecule has 0 bridgehead atoms. The average Bonchev–Trinajstić information content (AvgIpc) is 2.79. The zero-order valence-electron chi connectivity index (χ0n) is 10.2. The van der Waals surface area contributed by atoms with Gasteiger partial charge in [0.05, 0.1) is 12.7 Å². The first-order chi connectivity index (χ1) is 9.27. The quantitative estimate of drug-likeness (QED) is 0.836. The van der Waals surface area contributed by atoms with Crippen LogP contribution in [0.25, 0.3) is 0 Å². The number of pyridine rings is 1. The fraction of sp³-hybridized carbons (Fsp3) is 0.400. The van der Waals surface area contributed by atoms with E-state index in [1.165, 1.54) is 4.90 Å². The normalized spacial score (nSPS) is 19.1. The predicted molar refractivity (Wildman–Crippen MR) is 69.3 cm³/mol. The van der Waals surface area contributed by atoms with E-state index in [0.29, 0.717) is 13.0 Å². The number of ether oxygens (including phenoxy) is 1. The van der Waals surface area contributed by atoms with Crippen molar-refractivity contribution in [2.45, 2.75) is 17.4 Å². The number of likely N-dealkylation sites (tertiary alicyclic amines) is 1. The van der Waals surface area contributed by atoms with E-state index in [1.807, 2.05) is 0 Å². The number of carbonyl (C=O) groups is 1. The minimum atomic E-state index is -3.88. The number of amides is 1. The molecule has 0 aromatic carbocycles. The maximum absolute atomic E-state index is 11.1. The van der Waals surface area contributed by atoms with Gasteiger partial charge in [0.1, 0.15) is 16.0 Å². The summed E-state index contributed by atoms with van der Waals surface area (Å²) in [6, 6.07) is 1.14. The van der Waals surface area contributed by atoms with E-state index in [9.17, 15) is 13.2 Å². The van der Waals surface area contributed by atoms with Gasteiger partial charge in [-0.3, -0.25) is 0 Å². The summed E-state index contributed by atoms with van der Waals surface area (Å²) >= 11 is 5.88. The van der Waals surface area contributed by atoms with Crippen molar-refractivity contribution in [1.82, 2.24) is 9.88 Å². The fourth-order valence-corrected chi connectivity index (χ4v) is 2.56. The number of hydrogen-bond acceptors (Lipinski definition) is 5. The Morgan fingerprint density at radius 2 is 2.30 bits per heavy atom. The largest absolute Gasteiger partial charge is 0.471 e. The summed E-state index contributed by atoms with van der Waals surface area (Å²) in [6.45, 7) is 0.581. The van der Waals surface area contributed by atoms with E-state index in [-0.39, 0.29) is 28.4 Å². The third-order valence-corrected chi connectivity index (χ3v) is 3.96. The number of sulfonamides is 1. The van der Waals surface area contributed by atoms with Crippen molar-refractivity contribution in [3.05, 3.63) is 17.3 Å². The van der Waals surface area contributed by atoms with Gasteiger partial charge in [-0.05, 0) is 6.07 Å². The number of aromatic nitrogens is 1. The van der Waals surface area contributed by atoms with E-state index in [2.05, 4.69) is 4.98 Å². The Bertz CT molecular complexity index is 636. The predicted octanol–water partition coefficient (Wildman–Crippen LogP) is 0.514. The SMILES string of the molecule is NS(=O)(=O)c1cnc(OC2CCN(C(=O)O)C2)c(Cl)c1. The second-order valence-corrected chi connectivity index (χ2v) is 6.23. The van der Waals surface area contributed by atoms with Gasteiger partial charge in [0, 0.05) is 13.0 Å². The Balaban J connectivity index is 2.10. The first kappa shape index (κ1) is 14.8. The third kappa shape index (κ3) is 3.30. The molecule has 0 radical (unpaired) electrons. The molecule has 1 saturated heterocycles. The van der Waals surface area contributed by atoms with E-state index >= 15 is 0 Å². The highest BCUT2D eigenvalue weighted by molar-refractivity contribution is 7.89. The molecule has 1 aliphatic heterocycles. The Labute approximate surface area is 120 Å². The smallest absolute Gasteiger partial charge is 0.407 e. The lowest BCUT2D eigenvalue weighted by molar-refractivity contribution is 0.144. The van der Waals surface area contributed by atoms with Gasteiger partial charge >= 0.3 is 6.09 Å². The van der Waals surface area contributed by atoms with Gasteiger partial charge in [-0.15, -0.1) is 0 Å². The molecule has 110 valence electrons. The van der Waals surface area contributed by atoms with Gasteiger partial charge in [0.15, 0.2) is 0 Å². The molecule has 0 saturated carbocycles. The molecule has 10 heteroatoms. The Kier molecular flexibility index (Phi) is 4.02. The van der Waals surface area contributed by atoms with Crippen LogP contribution in [0.2, 0.25) is 5.02 Å². The number of nitrogens with zero attached hydrogens (tertiary/aromatic N) is 2. The lowest BCUT2D eigenvalue weighted by atomic mass is 10.3. The van der Waals surface area contributed by atoms with Crippen LogP contribution in [0.1, 0.15) is 6.42 Å². The first-order valence-corrected chi connectivity index (χ1v) is 7.52. The Morgan fingerprint density at radius 3 is 2.80 bits per heavy atom. The molecule has 1 fully saturated rings.